The smallest absolute Gasteiger partial charge is 0.187 e. The largest absolute Gasteiger partial charge is 0.394 e. The molecule has 9 aliphatic heterocycles. The van der Waals surface area contributed by atoms with Gasteiger partial charge in [-0.2, -0.15) is 0 Å². The Balaban J connectivity index is 0.000000193. The molecule has 53 atom stereocenters. The van der Waals surface area contributed by atoms with Crippen LogP contribution in [0.4, 0.5) is 0 Å². The van der Waals surface area contributed by atoms with Gasteiger partial charge in [0.2, 0.25) is 0 Å². The Kier molecular flexibility index (Phi) is 38.7. The molecule has 3 saturated carbocycles. The molecule has 48 heteroatoms. The fourth-order valence-electron chi connectivity index (χ4n) is 18.1. The highest BCUT2D eigenvalue weighted by Gasteiger charge is 2.59. The van der Waals surface area contributed by atoms with Crippen LogP contribution in [0.1, 0.15) is 98.8 Å². The molecular weight excluding hydrogens is 1640 g/mol. The molecule has 123 heavy (non-hydrogen) atoms. The molecule has 12 aliphatic rings. The van der Waals surface area contributed by atoms with Gasteiger partial charge in [0.25, 0.3) is 0 Å². The molecule has 0 aromatic carbocycles. The lowest BCUT2D eigenvalue weighted by Crippen LogP contribution is -2.65. The van der Waals surface area contributed by atoms with E-state index in [1.165, 1.54) is 0 Å². The Bertz CT molecular complexity index is 2970. The first-order valence-electron chi connectivity index (χ1n) is 43.2. The third-order valence-corrected chi connectivity index (χ3v) is 26.0. The lowest BCUT2D eigenvalue weighted by atomic mass is 9.84. The van der Waals surface area contributed by atoms with E-state index in [2.05, 4.69) is 5.32 Å². The number of hydrogen-bond donors (Lipinski definition) is 30. The van der Waals surface area contributed by atoms with Crippen molar-refractivity contribution >= 4 is 0 Å². The molecule has 9 saturated heterocycles. The molecule has 0 aromatic rings. The minimum absolute atomic E-state index is 0.0789. The summed E-state index contributed by atoms with van der Waals surface area (Å²) in [4.78, 5) is 0. The van der Waals surface area contributed by atoms with Crippen molar-refractivity contribution in [3.8, 4) is 0 Å². The molecule has 0 bridgehead atoms. The van der Waals surface area contributed by atoms with Crippen molar-refractivity contribution in [1.82, 2.24) is 5.32 Å². The minimum Gasteiger partial charge on any atom is -0.394 e. The van der Waals surface area contributed by atoms with Gasteiger partial charge >= 0.3 is 0 Å². The molecule has 0 spiro atoms. The maximum absolute atomic E-state index is 11.2. The van der Waals surface area contributed by atoms with Gasteiger partial charge in [0.15, 0.2) is 56.6 Å². The molecule has 2 unspecified atom stereocenters. The number of ether oxygens (including phenoxy) is 18. The highest BCUT2D eigenvalue weighted by molar-refractivity contribution is 5.06. The molecule has 44 N–H and O–H groups in total. The van der Waals surface area contributed by atoms with Gasteiger partial charge < -0.3 is 242 Å². The van der Waals surface area contributed by atoms with Crippen molar-refractivity contribution in [3.63, 3.8) is 0 Å². The Labute approximate surface area is 714 Å². The monoisotopic (exact) mass is 1790 g/mol. The maximum atomic E-state index is 11.2. The molecule has 9 heterocycles. The molecule has 0 amide bonds. The average Bonchev–Trinajstić information content (AvgIpc) is 1.72. The zero-order valence-electron chi connectivity index (χ0n) is 70.6. The van der Waals surface area contributed by atoms with Gasteiger partial charge in [-0.05, 0) is 85.1 Å². The van der Waals surface area contributed by atoms with Crippen molar-refractivity contribution in [1.29, 1.82) is 0 Å². The van der Waals surface area contributed by atoms with Crippen LogP contribution in [0.3, 0.4) is 0 Å². The lowest BCUT2D eigenvalue weighted by Gasteiger charge is -2.46. The van der Waals surface area contributed by atoms with E-state index in [-0.39, 0.29) is 69.3 Å². The van der Waals surface area contributed by atoms with Crippen molar-refractivity contribution in [2.24, 2.45) is 98.0 Å². The van der Waals surface area contributed by atoms with Gasteiger partial charge in [0.1, 0.15) is 128 Å². The van der Waals surface area contributed by atoms with Crippen molar-refractivity contribution < 1.29 is 162 Å². The topological polar surface area (TPSA) is 846 Å². The predicted molar refractivity (Wildman–Crippen MR) is 424 cm³/mol. The Morgan fingerprint density at radius 3 is 0.927 bits per heavy atom. The molecular formula is C75H147N15O33. The van der Waals surface area contributed by atoms with Gasteiger partial charge in [-0.1, -0.05) is 20.8 Å². The van der Waals surface area contributed by atoms with Crippen molar-refractivity contribution in [2.75, 3.05) is 46.5 Å². The van der Waals surface area contributed by atoms with Crippen LogP contribution in [0.25, 0.3) is 0 Å². The van der Waals surface area contributed by atoms with Crippen LogP contribution in [-0.2, 0) is 85.3 Å². The van der Waals surface area contributed by atoms with E-state index >= 15 is 0 Å². The second kappa shape index (κ2) is 46.2. The standard InChI is InChI=1S/3C25H49N5O11/c2*1-8-16(32)18(34)14(6-26)37-23(8)40-21-15(7-31)38-25(19(21)35)41-22-17(33)11(29)5-12(30)20(22)39-24-10(28)3-4-13(36-24)9(2)27;1-3-10-15(32)17(34)22(30-2)41-23(10)39-20-14(8-31)37-25(18(20)35)40-21-16(33)12(28)6-13(29)19(21)38-24-11(27)5-4-9(7-26)36-24/h2*8-25,31-35H,3-7,26-30H2,1-2H3;9-25,30-35H,3-8,26-29H2,1-2H3/t8-,9+,10-,11-,12+,13+,14+,15-,16-,17+,18-,19-,20-,21-,22-,23-,24-,25+;8-,9-,10?,11-,12+,13+,14+,15-,16-,17+,18-,19-,20-,21-,22-,23-,24-,25+;9-,10+,11+,12+,13-,14+,15-,16-,17+,18+,19+,20+,21+,22?,23-,24+,25-/m110/s1. The highest BCUT2D eigenvalue weighted by Crippen LogP contribution is 2.42. The fourth-order valence-corrected chi connectivity index (χ4v) is 18.1. The Morgan fingerprint density at radius 1 is 0.309 bits per heavy atom. The summed E-state index contributed by atoms with van der Waals surface area (Å²) in [5.41, 5.74) is 85.6. The van der Waals surface area contributed by atoms with Crippen LogP contribution in [0, 0.1) is 17.8 Å². The van der Waals surface area contributed by atoms with Gasteiger partial charge in [-0.25, -0.2) is 0 Å². The zero-order chi connectivity index (χ0) is 90.3. The summed E-state index contributed by atoms with van der Waals surface area (Å²) in [5, 5.41) is 162. The number of nitrogens with two attached hydrogens (primary N) is 14. The van der Waals surface area contributed by atoms with Crippen LogP contribution >= 0.6 is 0 Å². The number of aliphatic hydroxyl groups excluding tert-OH is 15. The average molecular weight is 1790 g/mol. The van der Waals surface area contributed by atoms with Crippen LogP contribution in [-0.4, -0.2) is 429 Å². The molecule has 48 nitrogen and oxygen atoms in total. The van der Waals surface area contributed by atoms with Crippen LogP contribution in [0.15, 0.2) is 0 Å². The third kappa shape index (κ3) is 23.8. The van der Waals surface area contributed by atoms with Crippen LogP contribution < -0.4 is 85.6 Å². The SMILES string of the molecule is CC[C@H]1[C@@H](O[C@H]2[C@@H](O)[C@H](O[C@@H]3[C@@H](O)[C@H](N)C[C@H](N)[C@H]3O[C@H]3O[C@H](CN)CC[C@H]3N)O[C@@H]2CO)OC(NC)[C@H](O)[C@H]1O.C[C@H]1[C@@H](O[C@H]2[C@@H](O)[C@H](O[C@@H]3[C@@H](O)[C@H](N)C[C@H](N)[C@H]3O[C@H]3O[C@H]([C@@H](C)N)CCC3N)O[C@@H]2CO)O[C@@H](CN)[C@@H](O)[C@@H]1O.C[C@H]1[C@@H](O[C@H]2[C@@H](O)[C@H](O[C@@H]3[C@@H](O)[C@H](N)C[C@H](N)[C@H]3O[C@H]3O[C@H]([C@H](C)N)CC[C@H]3N)O[C@@H]2CO)O[C@@H](CN)[C@@H](O)[C@@H]1O. The summed E-state index contributed by atoms with van der Waals surface area (Å²) >= 11 is 0. The molecule has 0 aromatic heterocycles. The number of hydrogen-bond acceptors (Lipinski definition) is 48. The number of likely N-dealkylation sites (N-methyl/N-ethyl adjacent to an activating group) is 1. The summed E-state index contributed by atoms with van der Waals surface area (Å²) in [5.74, 6) is -2.03. The summed E-state index contributed by atoms with van der Waals surface area (Å²) in [6.07, 6.45) is -36.9. The summed E-state index contributed by atoms with van der Waals surface area (Å²) in [7, 11) is 1.56. The first-order chi connectivity index (χ1) is 58.3. The fraction of sp³-hybridized carbons (Fsp3) is 1.00. The van der Waals surface area contributed by atoms with Crippen LogP contribution in [0.5, 0.6) is 0 Å². The van der Waals surface area contributed by atoms with Gasteiger partial charge in [0, 0.05) is 85.7 Å². The van der Waals surface area contributed by atoms with E-state index in [9.17, 15) is 76.6 Å². The second-order valence-electron chi connectivity index (χ2n) is 35.1. The van der Waals surface area contributed by atoms with E-state index in [4.69, 9.17) is 166 Å². The molecule has 3 aliphatic carbocycles. The predicted octanol–water partition coefficient (Wildman–Crippen LogP) is -15.2. The minimum atomic E-state index is -1.47. The number of aliphatic hydroxyl groups is 15. The first kappa shape index (κ1) is 103. The zero-order valence-corrected chi connectivity index (χ0v) is 70.6. The van der Waals surface area contributed by atoms with Crippen molar-refractivity contribution in [3.05, 3.63) is 0 Å². The van der Waals surface area contributed by atoms with E-state index in [0.29, 0.717) is 44.9 Å². The summed E-state index contributed by atoms with van der Waals surface area (Å²) < 4.78 is 107. The summed E-state index contributed by atoms with van der Waals surface area (Å²) in [6.45, 7) is 7.15. The third-order valence-electron chi connectivity index (χ3n) is 26.0. The number of nitrogens with one attached hydrogen (secondary N) is 1. The van der Waals surface area contributed by atoms with E-state index in [1.54, 1.807) is 27.8 Å². The van der Waals surface area contributed by atoms with E-state index in [0.717, 1.165) is 0 Å². The quantitative estimate of drug-likeness (QED) is 0.0346. The van der Waals surface area contributed by atoms with Crippen molar-refractivity contribution in [2.45, 2.75) is 405 Å². The van der Waals surface area contributed by atoms with E-state index in [1.807, 2.05) is 13.8 Å². The summed E-state index contributed by atoms with van der Waals surface area (Å²) in [6, 6.07) is -6.21. The normalized spacial score (nSPS) is 51.7. The van der Waals surface area contributed by atoms with Crippen LogP contribution in [0.2, 0.25) is 0 Å². The molecule has 720 valence electrons. The Hall–Kier alpha value is -1.92. The highest BCUT2D eigenvalue weighted by atomic mass is 16.8. The molecule has 12 fully saturated rings. The first-order valence-corrected chi connectivity index (χ1v) is 43.2. The van der Waals surface area contributed by atoms with E-state index < -0.39 is 313 Å². The maximum Gasteiger partial charge on any atom is 0.187 e. The molecule has 12 rings (SSSR count). The second-order valence-corrected chi connectivity index (χ2v) is 35.1. The number of rotatable bonds is 28. The Morgan fingerprint density at radius 2 is 0.618 bits per heavy atom. The molecule has 0 radical (unpaired) electrons. The van der Waals surface area contributed by atoms with Gasteiger partial charge in [-0.15, -0.1) is 0 Å². The van der Waals surface area contributed by atoms with Gasteiger partial charge in [0.05, 0.1) is 92.9 Å². The lowest BCUT2D eigenvalue weighted by molar-refractivity contribution is -0.306. The van der Waals surface area contributed by atoms with Gasteiger partial charge in [-0.3, -0.25) is 5.32 Å².